The van der Waals surface area contributed by atoms with Gasteiger partial charge in [0.15, 0.2) is 0 Å². The molecule has 0 bridgehead atoms. The molecule has 2 aromatic carbocycles. The Morgan fingerprint density at radius 2 is 1.83 bits per heavy atom. The van der Waals surface area contributed by atoms with Gasteiger partial charge in [0.2, 0.25) is 10.0 Å². The van der Waals surface area contributed by atoms with E-state index < -0.39 is 16.0 Å². The third-order valence-corrected chi connectivity index (χ3v) is 5.83. The molecule has 0 unspecified atom stereocenters. The number of esters is 1. The fraction of sp³-hybridized carbons (Fsp3) is 0.300. The van der Waals surface area contributed by atoms with Crippen molar-refractivity contribution in [2.75, 3.05) is 33.1 Å². The number of benzene rings is 2. The van der Waals surface area contributed by atoms with Gasteiger partial charge in [-0.25, -0.2) is 22.3 Å². The Bertz CT molecular complexity index is 1020. The van der Waals surface area contributed by atoms with E-state index in [0.717, 1.165) is 10.7 Å². The Labute approximate surface area is 176 Å². The van der Waals surface area contributed by atoms with Gasteiger partial charge < -0.3 is 20.1 Å². The van der Waals surface area contributed by atoms with Crippen LogP contribution < -0.4 is 20.1 Å². The lowest BCUT2D eigenvalue weighted by Crippen LogP contribution is -2.29. The zero-order chi connectivity index (χ0) is 22.3. The van der Waals surface area contributed by atoms with E-state index in [-0.39, 0.29) is 28.0 Å². The molecule has 0 saturated carbocycles. The minimum atomic E-state index is -3.83. The van der Waals surface area contributed by atoms with Crippen molar-refractivity contribution in [2.24, 2.45) is 0 Å². The molecule has 9 nitrogen and oxygen atoms in total. The summed E-state index contributed by atoms with van der Waals surface area (Å²) in [5.74, 6) is -0.439. The molecular formula is C20H25N3O6S. The predicted molar refractivity (Wildman–Crippen MR) is 113 cm³/mol. The average Bonchev–Trinajstić information content (AvgIpc) is 2.71. The highest BCUT2D eigenvalue weighted by atomic mass is 32.2. The van der Waals surface area contributed by atoms with E-state index in [2.05, 4.69) is 10.6 Å². The van der Waals surface area contributed by atoms with Gasteiger partial charge in [-0.2, -0.15) is 0 Å². The summed E-state index contributed by atoms with van der Waals surface area (Å²) < 4.78 is 36.5. The third-order valence-electron chi connectivity index (χ3n) is 4.00. The predicted octanol–water partition coefficient (Wildman–Crippen LogP) is 2.70. The fourth-order valence-corrected chi connectivity index (χ4v) is 3.49. The van der Waals surface area contributed by atoms with Gasteiger partial charge in [0.25, 0.3) is 0 Å². The average molecular weight is 436 g/mol. The molecule has 0 aromatic heterocycles. The van der Waals surface area contributed by atoms with Crippen LogP contribution in [-0.2, 0) is 10.0 Å². The maximum absolute atomic E-state index is 12.6. The van der Waals surface area contributed by atoms with Crippen molar-refractivity contribution < 1.29 is 27.5 Å². The van der Waals surface area contributed by atoms with Crippen LogP contribution in [0.25, 0.3) is 0 Å². The molecule has 162 valence electrons. The van der Waals surface area contributed by atoms with E-state index in [1.165, 1.54) is 45.5 Å². The van der Waals surface area contributed by atoms with Crippen LogP contribution in [-0.4, -0.2) is 52.5 Å². The Balaban J connectivity index is 2.22. The van der Waals surface area contributed by atoms with Crippen LogP contribution >= 0.6 is 0 Å². The number of hydrogen-bond donors (Lipinski definition) is 2. The van der Waals surface area contributed by atoms with Crippen molar-refractivity contribution in [1.29, 1.82) is 0 Å². The molecule has 0 aliphatic rings. The molecule has 0 spiro atoms. The van der Waals surface area contributed by atoms with Gasteiger partial charge in [-0.05, 0) is 36.8 Å². The molecule has 0 radical (unpaired) electrons. The molecule has 0 aliphatic heterocycles. The van der Waals surface area contributed by atoms with Crippen molar-refractivity contribution in [1.82, 2.24) is 9.62 Å². The largest absolute Gasteiger partial charge is 0.495 e. The van der Waals surface area contributed by atoms with Crippen LogP contribution in [0.3, 0.4) is 0 Å². The van der Waals surface area contributed by atoms with Crippen LogP contribution in [0.5, 0.6) is 11.5 Å². The minimum Gasteiger partial charge on any atom is -0.495 e. The fourth-order valence-electron chi connectivity index (χ4n) is 2.42. The number of urea groups is 1. The van der Waals surface area contributed by atoms with Crippen molar-refractivity contribution in [3.63, 3.8) is 0 Å². The summed E-state index contributed by atoms with van der Waals surface area (Å²) >= 11 is 0. The maximum atomic E-state index is 12.6. The zero-order valence-corrected chi connectivity index (χ0v) is 18.1. The molecule has 0 aliphatic carbocycles. The number of carbonyl (C=O) groups excluding carboxylic acids is 2. The molecule has 2 amide bonds. The van der Waals surface area contributed by atoms with E-state index in [9.17, 15) is 18.0 Å². The number of carbonyl (C=O) groups is 2. The van der Waals surface area contributed by atoms with Gasteiger partial charge in [-0.3, -0.25) is 0 Å². The quantitative estimate of drug-likeness (QED) is 0.487. The van der Waals surface area contributed by atoms with Gasteiger partial charge in [0, 0.05) is 32.4 Å². The normalized spacial score (nSPS) is 11.1. The summed E-state index contributed by atoms with van der Waals surface area (Å²) in [5.41, 5.74) is 0.481. The number of nitrogens with zero attached hydrogens (tertiary/aromatic N) is 1. The van der Waals surface area contributed by atoms with Gasteiger partial charge >= 0.3 is 12.0 Å². The van der Waals surface area contributed by atoms with Gasteiger partial charge in [0.1, 0.15) is 16.4 Å². The number of ether oxygens (including phenoxy) is 2. The Morgan fingerprint density at radius 1 is 1.10 bits per heavy atom. The Kier molecular flexibility index (Phi) is 7.79. The smallest absolute Gasteiger partial charge is 0.343 e. The molecule has 10 heteroatoms. The number of hydrogen-bond acceptors (Lipinski definition) is 6. The number of amides is 2. The van der Waals surface area contributed by atoms with E-state index in [1.54, 1.807) is 18.2 Å². The molecule has 0 atom stereocenters. The summed E-state index contributed by atoms with van der Waals surface area (Å²) in [4.78, 5) is 24.2. The third kappa shape index (κ3) is 5.71. The Morgan fingerprint density at radius 3 is 2.47 bits per heavy atom. The number of methoxy groups -OCH3 is 1. The van der Waals surface area contributed by atoms with Crippen LogP contribution in [0.2, 0.25) is 0 Å². The first-order valence-electron chi connectivity index (χ1n) is 9.16. The summed E-state index contributed by atoms with van der Waals surface area (Å²) in [6, 6.07) is 9.95. The Hall–Kier alpha value is -3.11. The number of sulfonamides is 1. The molecule has 2 aromatic rings. The topological polar surface area (TPSA) is 114 Å². The molecule has 2 rings (SSSR count). The van der Waals surface area contributed by atoms with Crippen LogP contribution in [0, 0.1) is 0 Å². The first-order valence-corrected chi connectivity index (χ1v) is 10.6. The lowest BCUT2D eigenvalue weighted by Gasteiger charge is -2.15. The lowest BCUT2D eigenvalue weighted by atomic mass is 10.2. The number of rotatable bonds is 8. The second-order valence-corrected chi connectivity index (χ2v) is 8.57. The zero-order valence-electron chi connectivity index (χ0n) is 17.3. The molecule has 0 fully saturated rings. The van der Waals surface area contributed by atoms with E-state index in [4.69, 9.17) is 9.47 Å². The highest BCUT2D eigenvalue weighted by Crippen LogP contribution is 2.27. The number of nitrogens with one attached hydrogen (secondary N) is 2. The van der Waals surface area contributed by atoms with Crippen molar-refractivity contribution in [3.8, 4) is 11.5 Å². The van der Waals surface area contributed by atoms with Crippen LogP contribution in [0.15, 0.2) is 47.4 Å². The number of anilines is 1. The molecule has 2 N–H and O–H groups in total. The second kappa shape index (κ2) is 10.1. The van der Waals surface area contributed by atoms with Crippen molar-refractivity contribution in [2.45, 2.75) is 18.2 Å². The first kappa shape index (κ1) is 23.2. The molecular weight excluding hydrogens is 410 g/mol. The molecule has 30 heavy (non-hydrogen) atoms. The summed E-state index contributed by atoms with van der Waals surface area (Å²) in [5, 5.41) is 5.32. The molecule has 0 heterocycles. The summed E-state index contributed by atoms with van der Waals surface area (Å²) in [7, 11) is 0.282. The first-order chi connectivity index (χ1) is 14.2. The summed E-state index contributed by atoms with van der Waals surface area (Å²) in [6.07, 6.45) is 0.804. The minimum absolute atomic E-state index is 0.0373. The molecule has 0 saturated heterocycles. The monoisotopic (exact) mass is 435 g/mol. The summed E-state index contributed by atoms with van der Waals surface area (Å²) in [6.45, 7) is 2.48. The van der Waals surface area contributed by atoms with Crippen LogP contribution in [0.4, 0.5) is 10.5 Å². The van der Waals surface area contributed by atoms with Gasteiger partial charge in [0.05, 0.1) is 12.7 Å². The standard InChI is InChI=1S/C20H25N3O6S/c1-5-11-21-20(25)22-15-7-6-8-16(13-15)29-19(24)14-9-10-17(28-4)18(12-14)30(26,27)23(2)3/h6-10,12-13H,5,11H2,1-4H3,(H2,21,22,25). The highest BCUT2D eigenvalue weighted by Gasteiger charge is 2.24. The highest BCUT2D eigenvalue weighted by molar-refractivity contribution is 7.89. The van der Waals surface area contributed by atoms with Crippen LogP contribution in [0.1, 0.15) is 23.7 Å². The lowest BCUT2D eigenvalue weighted by molar-refractivity contribution is 0.0734. The van der Waals surface area contributed by atoms with E-state index >= 15 is 0 Å². The van der Waals surface area contributed by atoms with Crippen molar-refractivity contribution in [3.05, 3.63) is 48.0 Å². The van der Waals surface area contributed by atoms with Crippen molar-refractivity contribution >= 4 is 27.7 Å². The van der Waals surface area contributed by atoms with E-state index in [1.807, 2.05) is 6.92 Å². The van der Waals surface area contributed by atoms with Gasteiger partial charge in [-0.1, -0.05) is 13.0 Å². The maximum Gasteiger partial charge on any atom is 0.343 e. The van der Waals surface area contributed by atoms with Gasteiger partial charge in [-0.15, -0.1) is 0 Å². The second-order valence-electron chi connectivity index (χ2n) is 6.45. The van der Waals surface area contributed by atoms with E-state index in [0.29, 0.717) is 12.2 Å². The SMILES string of the molecule is CCCNC(=O)Nc1cccc(OC(=O)c2ccc(OC)c(S(=O)(=O)N(C)C)c2)c1.